The number of rotatable bonds is 4. The van der Waals surface area contributed by atoms with Gasteiger partial charge in [0.15, 0.2) is 0 Å². The smallest absolute Gasteiger partial charge is 0.0964 e. The summed E-state index contributed by atoms with van der Waals surface area (Å²) in [5.74, 6) is 0. The molecule has 12 heavy (non-hydrogen) atoms. The molecule has 1 rings (SSSR count). The number of hydrogen-bond acceptors (Lipinski definition) is 4. The molecule has 68 valence electrons. The highest BCUT2D eigenvalue weighted by molar-refractivity contribution is 4.91. The van der Waals surface area contributed by atoms with Gasteiger partial charge in [0.2, 0.25) is 0 Å². The van der Waals surface area contributed by atoms with E-state index in [-0.39, 0.29) is 0 Å². The van der Waals surface area contributed by atoms with Gasteiger partial charge in [0.25, 0.3) is 0 Å². The Labute approximate surface area is 71.9 Å². The molecule has 0 aliphatic carbocycles. The molecule has 0 amide bonds. The van der Waals surface area contributed by atoms with Crippen molar-refractivity contribution in [2.75, 3.05) is 6.54 Å². The zero-order valence-corrected chi connectivity index (χ0v) is 7.49. The summed E-state index contributed by atoms with van der Waals surface area (Å²) in [6.45, 7) is 3.41. The maximum absolute atomic E-state index is 5.44. The Morgan fingerprint density at radius 3 is 3.00 bits per heavy atom. The quantitative estimate of drug-likeness (QED) is 0.622. The van der Waals surface area contributed by atoms with E-state index in [4.69, 9.17) is 5.73 Å². The third-order valence-electron chi connectivity index (χ3n) is 1.64. The first-order chi connectivity index (χ1) is 5.72. The molecule has 0 saturated heterocycles. The number of nitrogens with two attached hydrogens (primary N) is 1. The highest BCUT2D eigenvalue weighted by Gasteiger charge is 2.00. The molecule has 0 aliphatic rings. The molecule has 0 unspecified atom stereocenters. The van der Waals surface area contributed by atoms with E-state index in [1.54, 1.807) is 4.68 Å². The van der Waals surface area contributed by atoms with Crippen LogP contribution in [0.3, 0.4) is 0 Å². The Hall–Kier alpha value is -0.940. The molecule has 0 radical (unpaired) electrons. The van der Waals surface area contributed by atoms with Crippen molar-refractivity contribution in [3.63, 3.8) is 0 Å². The van der Waals surface area contributed by atoms with Crippen molar-refractivity contribution in [2.24, 2.45) is 12.8 Å². The minimum Gasteiger partial charge on any atom is -0.329 e. The van der Waals surface area contributed by atoms with Crippen molar-refractivity contribution in [1.82, 2.24) is 20.3 Å². The fraction of sp³-hybridized carbons (Fsp3) is 0.714. The maximum atomic E-state index is 5.44. The van der Waals surface area contributed by atoms with Gasteiger partial charge in [-0.05, 0) is 6.92 Å². The monoisotopic (exact) mass is 169 g/mol. The predicted molar refractivity (Wildman–Crippen MR) is 46.4 cm³/mol. The predicted octanol–water partition coefficient (Wildman–Crippen LogP) is -0.748. The Morgan fingerprint density at radius 1 is 1.75 bits per heavy atom. The zero-order chi connectivity index (χ0) is 8.97. The standard InChI is InChI=1S/C7H15N5/c1-6(3-8)9-4-7-5-12(2)11-10-7/h5-6,9H,3-4,8H2,1-2H3/t6-/m1/s1. The largest absolute Gasteiger partial charge is 0.329 e. The van der Waals surface area contributed by atoms with Crippen LogP contribution < -0.4 is 11.1 Å². The molecule has 0 aliphatic heterocycles. The van der Waals surface area contributed by atoms with Crippen LogP contribution in [0.2, 0.25) is 0 Å². The topological polar surface area (TPSA) is 68.8 Å². The van der Waals surface area contributed by atoms with Gasteiger partial charge in [-0.3, -0.25) is 4.68 Å². The molecular formula is C7H15N5. The molecule has 0 spiro atoms. The first kappa shape index (κ1) is 9.15. The Kier molecular flexibility index (Phi) is 3.19. The number of nitrogens with zero attached hydrogens (tertiary/aromatic N) is 3. The third-order valence-corrected chi connectivity index (χ3v) is 1.64. The van der Waals surface area contributed by atoms with Crippen molar-refractivity contribution >= 4 is 0 Å². The summed E-state index contributed by atoms with van der Waals surface area (Å²) in [6.07, 6.45) is 1.89. The minimum atomic E-state index is 0.326. The second-order valence-electron chi connectivity index (χ2n) is 2.90. The Balaban J connectivity index is 2.33. The van der Waals surface area contributed by atoms with Crippen molar-refractivity contribution in [3.8, 4) is 0 Å². The average molecular weight is 169 g/mol. The van der Waals surface area contributed by atoms with Gasteiger partial charge >= 0.3 is 0 Å². The van der Waals surface area contributed by atoms with Crippen LogP contribution in [0, 0.1) is 0 Å². The summed E-state index contributed by atoms with van der Waals surface area (Å²) in [5.41, 5.74) is 6.38. The fourth-order valence-electron chi connectivity index (χ4n) is 0.838. The molecule has 1 aromatic heterocycles. The van der Waals surface area contributed by atoms with E-state index >= 15 is 0 Å². The van der Waals surface area contributed by atoms with E-state index < -0.39 is 0 Å². The van der Waals surface area contributed by atoms with Gasteiger partial charge in [0, 0.05) is 32.4 Å². The van der Waals surface area contributed by atoms with E-state index in [1.165, 1.54) is 0 Å². The van der Waals surface area contributed by atoms with E-state index in [0.29, 0.717) is 12.6 Å². The van der Waals surface area contributed by atoms with Crippen LogP contribution in [0.15, 0.2) is 6.20 Å². The van der Waals surface area contributed by atoms with Gasteiger partial charge in [0.05, 0.1) is 5.69 Å². The van der Waals surface area contributed by atoms with Gasteiger partial charge in [0.1, 0.15) is 0 Å². The first-order valence-corrected chi connectivity index (χ1v) is 4.01. The molecular weight excluding hydrogens is 154 g/mol. The second-order valence-corrected chi connectivity index (χ2v) is 2.90. The van der Waals surface area contributed by atoms with E-state index in [1.807, 2.05) is 20.2 Å². The lowest BCUT2D eigenvalue weighted by Gasteiger charge is -2.08. The van der Waals surface area contributed by atoms with Crippen molar-refractivity contribution < 1.29 is 0 Å². The summed E-state index contributed by atoms with van der Waals surface area (Å²) in [6, 6.07) is 0.326. The van der Waals surface area contributed by atoms with Crippen LogP contribution in [-0.4, -0.2) is 27.6 Å². The molecule has 5 heteroatoms. The Morgan fingerprint density at radius 2 is 2.50 bits per heavy atom. The highest BCUT2D eigenvalue weighted by atomic mass is 15.4. The third kappa shape index (κ3) is 2.60. The summed E-state index contributed by atoms with van der Waals surface area (Å²) in [4.78, 5) is 0. The molecule has 5 nitrogen and oxygen atoms in total. The van der Waals surface area contributed by atoms with Crippen molar-refractivity contribution in [2.45, 2.75) is 19.5 Å². The van der Waals surface area contributed by atoms with Gasteiger partial charge < -0.3 is 11.1 Å². The number of hydrogen-bond donors (Lipinski definition) is 2. The summed E-state index contributed by atoms with van der Waals surface area (Å²) in [7, 11) is 1.85. The lowest BCUT2D eigenvalue weighted by Crippen LogP contribution is -2.32. The van der Waals surface area contributed by atoms with Crippen molar-refractivity contribution in [1.29, 1.82) is 0 Å². The number of aromatic nitrogens is 3. The van der Waals surface area contributed by atoms with Gasteiger partial charge in [-0.2, -0.15) is 0 Å². The molecule has 0 aromatic carbocycles. The van der Waals surface area contributed by atoms with Crippen LogP contribution in [0.4, 0.5) is 0 Å². The Bertz CT molecular complexity index is 231. The summed E-state index contributed by atoms with van der Waals surface area (Å²) < 4.78 is 1.68. The van der Waals surface area contributed by atoms with Gasteiger partial charge in [-0.15, -0.1) is 5.10 Å². The summed E-state index contributed by atoms with van der Waals surface area (Å²) >= 11 is 0. The number of aryl methyl sites for hydroxylation is 1. The normalized spacial score (nSPS) is 13.2. The van der Waals surface area contributed by atoms with E-state index in [9.17, 15) is 0 Å². The fourth-order valence-corrected chi connectivity index (χ4v) is 0.838. The molecule has 0 fully saturated rings. The molecule has 3 N–H and O–H groups in total. The maximum Gasteiger partial charge on any atom is 0.0964 e. The molecule has 1 heterocycles. The number of nitrogens with one attached hydrogen (secondary N) is 1. The second kappa shape index (κ2) is 4.18. The molecule has 1 atom stereocenters. The van der Waals surface area contributed by atoms with Crippen LogP contribution in [0.25, 0.3) is 0 Å². The molecule has 0 bridgehead atoms. The van der Waals surface area contributed by atoms with Crippen LogP contribution in [-0.2, 0) is 13.6 Å². The molecule has 1 aromatic rings. The van der Waals surface area contributed by atoms with Crippen LogP contribution in [0.5, 0.6) is 0 Å². The summed E-state index contributed by atoms with van der Waals surface area (Å²) in [5, 5.41) is 11.0. The molecule has 0 saturated carbocycles. The van der Waals surface area contributed by atoms with Crippen LogP contribution in [0.1, 0.15) is 12.6 Å². The first-order valence-electron chi connectivity index (χ1n) is 4.01. The van der Waals surface area contributed by atoms with Gasteiger partial charge in [-0.25, -0.2) is 0 Å². The van der Waals surface area contributed by atoms with E-state index in [0.717, 1.165) is 12.2 Å². The van der Waals surface area contributed by atoms with Crippen LogP contribution >= 0.6 is 0 Å². The highest BCUT2D eigenvalue weighted by Crippen LogP contribution is 1.90. The van der Waals surface area contributed by atoms with Crippen molar-refractivity contribution in [3.05, 3.63) is 11.9 Å². The minimum absolute atomic E-state index is 0.326. The SMILES string of the molecule is C[C@H](CN)NCc1cn(C)nn1. The zero-order valence-electron chi connectivity index (χ0n) is 7.49. The van der Waals surface area contributed by atoms with E-state index in [2.05, 4.69) is 15.6 Å². The van der Waals surface area contributed by atoms with Gasteiger partial charge in [-0.1, -0.05) is 5.21 Å². The average Bonchev–Trinajstić information content (AvgIpc) is 2.47. The lowest BCUT2D eigenvalue weighted by atomic mass is 10.3. The lowest BCUT2D eigenvalue weighted by molar-refractivity contribution is 0.550.